The van der Waals surface area contributed by atoms with Crippen molar-refractivity contribution in [3.05, 3.63) is 68.8 Å². The summed E-state index contributed by atoms with van der Waals surface area (Å²) in [6.45, 7) is 0.583. The standard InChI is InChI=1S/C19H16INO4/c20-16-10-4-3-9-15(16)19(24)25-12-6-5-11-21-17(22)13-7-1-2-8-14(13)18(21)23/h1-4,7-10H,5-6,11-12H2. The van der Waals surface area contributed by atoms with Gasteiger partial charge in [0.25, 0.3) is 11.8 Å². The maximum absolute atomic E-state index is 12.2. The fourth-order valence-electron chi connectivity index (χ4n) is 2.68. The van der Waals surface area contributed by atoms with E-state index in [1.165, 1.54) is 4.90 Å². The topological polar surface area (TPSA) is 63.7 Å². The van der Waals surface area contributed by atoms with E-state index in [-0.39, 0.29) is 24.4 Å². The van der Waals surface area contributed by atoms with Crippen LogP contribution in [-0.4, -0.2) is 35.8 Å². The van der Waals surface area contributed by atoms with Crippen molar-refractivity contribution in [3.63, 3.8) is 0 Å². The lowest BCUT2D eigenvalue weighted by atomic mass is 10.1. The van der Waals surface area contributed by atoms with Crippen molar-refractivity contribution in [3.8, 4) is 0 Å². The number of ether oxygens (including phenoxy) is 1. The van der Waals surface area contributed by atoms with Gasteiger partial charge in [0.05, 0.1) is 23.3 Å². The largest absolute Gasteiger partial charge is 0.462 e. The van der Waals surface area contributed by atoms with Crippen molar-refractivity contribution >= 4 is 40.4 Å². The molecule has 0 fully saturated rings. The van der Waals surface area contributed by atoms with Gasteiger partial charge in [-0.05, 0) is 59.7 Å². The van der Waals surface area contributed by atoms with Gasteiger partial charge in [-0.1, -0.05) is 24.3 Å². The molecule has 3 rings (SSSR count). The number of carbonyl (C=O) groups is 3. The summed E-state index contributed by atoms with van der Waals surface area (Å²) < 4.78 is 6.10. The van der Waals surface area contributed by atoms with E-state index in [9.17, 15) is 14.4 Å². The third-order valence-electron chi connectivity index (χ3n) is 3.98. The van der Waals surface area contributed by atoms with Gasteiger partial charge in [0.1, 0.15) is 0 Å². The predicted molar refractivity (Wildman–Crippen MR) is 100 cm³/mol. The van der Waals surface area contributed by atoms with E-state index in [0.29, 0.717) is 36.1 Å². The van der Waals surface area contributed by atoms with Crippen LogP contribution in [-0.2, 0) is 4.74 Å². The molecule has 1 aliphatic rings. The predicted octanol–water partition coefficient (Wildman–Crippen LogP) is 3.52. The molecule has 0 radical (unpaired) electrons. The van der Waals surface area contributed by atoms with E-state index in [2.05, 4.69) is 22.6 Å². The summed E-state index contributed by atoms with van der Waals surface area (Å²) in [5, 5.41) is 0. The molecule has 0 bridgehead atoms. The molecule has 0 saturated carbocycles. The van der Waals surface area contributed by atoms with E-state index < -0.39 is 0 Å². The molecular formula is C19H16INO4. The molecule has 2 aromatic rings. The van der Waals surface area contributed by atoms with Gasteiger partial charge in [-0.15, -0.1) is 0 Å². The first kappa shape index (κ1) is 17.6. The number of rotatable bonds is 6. The average Bonchev–Trinajstić information content (AvgIpc) is 2.86. The first-order valence-electron chi connectivity index (χ1n) is 7.96. The van der Waals surface area contributed by atoms with E-state index in [1.807, 2.05) is 12.1 Å². The number of hydrogen-bond donors (Lipinski definition) is 0. The van der Waals surface area contributed by atoms with Crippen LogP contribution in [0.1, 0.15) is 43.9 Å². The fraction of sp³-hybridized carbons (Fsp3) is 0.211. The first-order chi connectivity index (χ1) is 12.1. The highest BCUT2D eigenvalue weighted by Gasteiger charge is 2.34. The molecule has 0 aromatic heterocycles. The van der Waals surface area contributed by atoms with Crippen molar-refractivity contribution < 1.29 is 19.1 Å². The number of imide groups is 1. The Bertz CT molecular complexity index is 799. The Labute approximate surface area is 159 Å². The molecule has 0 saturated heterocycles. The van der Waals surface area contributed by atoms with Gasteiger partial charge < -0.3 is 4.74 Å². The van der Waals surface area contributed by atoms with E-state index in [1.54, 1.807) is 36.4 Å². The van der Waals surface area contributed by atoms with Crippen LogP contribution in [0.15, 0.2) is 48.5 Å². The third kappa shape index (κ3) is 3.73. The van der Waals surface area contributed by atoms with Crippen LogP contribution < -0.4 is 0 Å². The molecule has 0 N–H and O–H groups in total. The summed E-state index contributed by atoms with van der Waals surface area (Å²) in [5.41, 5.74) is 1.46. The Hall–Kier alpha value is -2.22. The van der Waals surface area contributed by atoms with Gasteiger partial charge >= 0.3 is 5.97 Å². The fourth-order valence-corrected chi connectivity index (χ4v) is 3.29. The molecule has 0 atom stereocenters. The van der Waals surface area contributed by atoms with Crippen LogP contribution in [0.5, 0.6) is 0 Å². The summed E-state index contributed by atoms with van der Waals surface area (Å²) in [4.78, 5) is 37.7. The number of halogens is 1. The molecule has 0 aliphatic carbocycles. The van der Waals surface area contributed by atoms with Crippen molar-refractivity contribution in [2.45, 2.75) is 12.8 Å². The molecule has 1 aliphatic heterocycles. The Balaban J connectivity index is 1.45. The smallest absolute Gasteiger partial charge is 0.339 e. The number of fused-ring (bicyclic) bond motifs is 1. The highest BCUT2D eigenvalue weighted by atomic mass is 127. The second-order valence-electron chi connectivity index (χ2n) is 5.63. The lowest BCUT2D eigenvalue weighted by Crippen LogP contribution is -2.30. The van der Waals surface area contributed by atoms with Crippen LogP contribution in [0, 0.1) is 3.57 Å². The van der Waals surface area contributed by atoms with Crippen molar-refractivity contribution in [1.29, 1.82) is 0 Å². The lowest BCUT2D eigenvalue weighted by molar-refractivity contribution is 0.0484. The molecule has 128 valence electrons. The van der Waals surface area contributed by atoms with Crippen molar-refractivity contribution in [2.75, 3.05) is 13.2 Å². The zero-order valence-electron chi connectivity index (χ0n) is 13.4. The van der Waals surface area contributed by atoms with Crippen LogP contribution in [0.25, 0.3) is 0 Å². The normalized spacial score (nSPS) is 13.1. The molecule has 25 heavy (non-hydrogen) atoms. The zero-order chi connectivity index (χ0) is 17.8. The molecule has 6 heteroatoms. The summed E-state index contributed by atoms with van der Waals surface area (Å²) >= 11 is 2.09. The van der Waals surface area contributed by atoms with Gasteiger partial charge in [-0.3, -0.25) is 14.5 Å². The molecule has 1 heterocycles. The van der Waals surface area contributed by atoms with Crippen molar-refractivity contribution in [1.82, 2.24) is 4.90 Å². The van der Waals surface area contributed by atoms with Crippen LogP contribution in [0.3, 0.4) is 0 Å². The molecule has 5 nitrogen and oxygen atoms in total. The minimum atomic E-state index is -0.356. The van der Waals surface area contributed by atoms with E-state index in [0.717, 1.165) is 3.57 Å². The van der Waals surface area contributed by atoms with Crippen LogP contribution >= 0.6 is 22.6 Å². The molecular weight excluding hydrogens is 433 g/mol. The van der Waals surface area contributed by atoms with Gasteiger partial charge in [-0.25, -0.2) is 4.79 Å². The summed E-state index contributed by atoms with van der Waals surface area (Å²) in [6, 6.07) is 14.1. The highest BCUT2D eigenvalue weighted by Crippen LogP contribution is 2.22. The molecule has 0 unspecified atom stereocenters. The third-order valence-corrected chi connectivity index (χ3v) is 4.92. The number of unbranched alkanes of at least 4 members (excludes halogenated alkanes) is 1. The summed E-state index contributed by atoms with van der Waals surface area (Å²) in [6.07, 6.45) is 1.17. The minimum absolute atomic E-state index is 0.253. The number of esters is 1. The quantitative estimate of drug-likeness (QED) is 0.293. The molecule has 2 amide bonds. The number of nitrogens with zero attached hydrogens (tertiary/aromatic N) is 1. The maximum atomic E-state index is 12.2. The van der Waals surface area contributed by atoms with Crippen molar-refractivity contribution in [2.24, 2.45) is 0 Å². The van der Waals surface area contributed by atoms with Gasteiger partial charge in [0.2, 0.25) is 0 Å². The van der Waals surface area contributed by atoms with Gasteiger partial charge in [-0.2, -0.15) is 0 Å². The number of carbonyl (C=O) groups excluding carboxylic acids is 3. The Morgan fingerprint density at radius 1 is 0.920 bits per heavy atom. The number of hydrogen-bond acceptors (Lipinski definition) is 4. The first-order valence-corrected chi connectivity index (χ1v) is 9.04. The Morgan fingerprint density at radius 3 is 2.16 bits per heavy atom. The molecule has 2 aromatic carbocycles. The SMILES string of the molecule is O=C(OCCCCN1C(=O)c2ccccc2C1=O)c1ccccc1I. The summed E-state index contributed by atoms with van der Waals surface area (Å²) in [7, 11) is 0. The lowest BCUT2D eigenvalue weighted by Gasteiger charge is -2.13. The maximum Gasteiger partial charge on any atom is 0.339 e. The average molecular weight is 449 g/mol. The van der Waals surface area contributed by atoms with E-state index >= 15 is 0 Å². The van der Waals surface area contributed by atoms with Crippen LogP contribution in [0.4, 0.5) is 0 Å². The second-order valence-corrected chi connectivity index (χ2v) is 6.79. The van der Waals surface area contributed by atoms with Crippen LogP contribution in [0.2, 0.25) is 0 Å². The molecule has 0 spiro atoms. The Morgan fingerprint density at radius 2 is 1.52 bits per heavy atom. The minimum Gasteiger partial charge on any atom is -0.462 e. The number of amides is 2. The Kier molecular flexibility index (Phi) is 5.47. The van der Waals surface area contributed by atoms with E-state index in [4.69, 9.17) is 4.74 Å². The zero-order valence-corrected chi connectivity index (χ0v) is 15.6. The van der Waals surface area contributed by atoms with Gasteiger partial charge in [0, 0.05) is 10.1 Å². The number of benzene rings is 2. The summed E-state index contributed by atoms with van der Waals surface area (Å²) in [5.74, 6) is -0.862. The second kappa shape index (κ2) is 7.77. The monoisotopic (exact) mass is 449 g/mol. The van der Waals surface area contributed by atoms with Gasteiger partial charge in [0.15, 0.2) is 0 Å². The highest BCUT2D eigenvalue weighted by molar-refractivity contribution is 14.1.